The van der Waals surface area contributed by atoms with Crippen molar-refractivity contribution in [3.05, 3.63) is 24.3 Å². The Morgan fingerprint density at radius 2 is 2.00 bits per heavy atom. The molecule has 0 atom stereocenters. The second-order valence-corrected chi connectivity index (χ2v) is 4.43. The van der Waals surface area contributed by atoms with Gasteiger partial charge < -0.3 is 5.11 Å². The molecule has 0 bridgehead atoms. The van der Waals surface area contributed by atoms with Gasteiger partial charge in [-0.15, -0.1) is 0 Å². The molecule has 0 aliphatic rings. The molecule has 16 heavy (non-hydrogen) atoms. The first kappa shape index (κ1) is 15.3. The predicted octanol–water partition coefficient (Wildman–Crippen LogP) is 0.0493. The standard InChI is InChI=1S/C7H10N2OS.H2O4S/c10-3-4-11-5-7-1-2-8-6-9-7;1-5(2,3)4/h1-2,6,10H,3-5H2;(H2,1,2,3,4). The van der Waals surface area contributed by atoms with Crippen LogP contribution in [0.15, 0.2) is 18.6 Å². The van der Waals surface area contributed by atoms with E-state index in [2.05, 4.69) is 9.97 Å². The second-order valence-electron chi connectivity index (χ2n) is 2.42. The number of aliphatic hydroxyl groups excluding tert-OH is 1. The molecular formula is C7H12N2O5S2. The van der Waals surface area contributed by atoms with Crippen molar-refractivity contribution >= 4 is 22.2 Å². The van der Waals surface area contributed by atoms with Crippen LogP contribution in [0.5, 0.6) is 0 Å². The summed E-state index contributed by atoms with van der Waals surface area (Å²) in [5.74, 6) is 1.62. The van der Waals surface area contributed by atoms with E-state index < -0.39 is 10.4 Å². The summed E-state index contributed by atoms with van der Waals surface area (Å²) in [5, 5.41) is 8.49. The lowest BCUT2D eigenvalue weighted by molar-refractivity contribution is 0.322. The maximum absolute atomic E-state index is 8.74. The third kappa shape index (κ3) is 13.3. The first-order chi connectivity index (χ1) is 7.43. The minimum Gasteiger partial charge on any atom is -0.396 e. The van der Waals surface area contributed by atoms with Crippen molar-refractivity contribution in [3.8, 4) is 0 Å². The van der Waals surface area contributed by atoms with E-state index in [0.717, 1.165) is 17.2 Å². The highest BCUT2D eigenvalue weighted by atomic mass is 32.3. The Labute approximate surface area is 97.5 Å². The van der Waals surface area contributed by atoms with Crippen molar-refractivity contribution in [2.75, 3.05) is 12.4 Å². The topological polar surface area (TPSA) is 121 Å². The number of nitrogens with zero attached hydrogens (tertiary/aromatic N) is 2. The van der Waals surface area contributed by atoms with Gasteiger partial charge in [0.15, 0.2) is 0 Å². The zero-order valence-electron chi connectivity index (χ0n) is 8.22. The largest absolute Gasteiger partial charge is 0.396 e. The molecule has 0 radical (unpaired) electrons. The fourth-order valence-corrected chi connectivity index (χ4v) is 1.30. The van der Waals surface area contributed by atoms with E-state index >= 15 is 0 Å². The zero-order valence-corrected chi connectivity index (χ0v) is 9.86. The Kier molecular flexibility index (Phi) is 8.03. The molecular weight excluding hydrogens is 256 g/mol. The van der Waals surface area contributed by atoms with Gasteiger partial charge in [-0.3, -0.25) is 9.11 Å². The van der Waals surface area contributed by atoms with Crippen molar-refractivity contribution < 1.29 is 22.6 Å². The van der Waals surface area contributed by atoms with Gasteiger partial charge in [-0.2, -0.15) is 20.2 Å². The molecule has 9 heteroatoms. The average molecular weight is 268 g/mol. The molecule has 0 spiro atoms. The number of hydrogen-bond acceptors (Lipinski definition) is 6. The summed E-state index contributed by atoms with van der Waals surface area (Å²) >= 11 is 1.67. The van der Waals surface area contributed by atoms with Gasteiger partial charge >= 0.3 is 10.4 Å². The van der Waals surface area contributed by atoms with Crippen molar-refractivity contribution in [1.29, 1.82) is 0 Å². The molecule has 0 unspecified atom stereocenters. The summed E-state index contributed by atoms with van der Waals surface area (Å²) < 4.78 is 31.6. The number of rotatable bonds is 4. The smallest absolute Gasteiger partial charge is 0.394 e. The van der Waals surface area contributed by atoms with Crippen LogP contribution in [-0.2, 0) is 16.2 Å². The second kappa shape index (κ2) is 8.42. The van der Waals surface area contributed by atoms with Gasteiger partial charge in [0.05, 0.1) is 12.3 Å². The number of thioether (sulfide) groups is 1. The van der Waals surface area contributed by atoms with Gasteiger partial charge in [0.1, 0.15) is 6.33 Å². The minimum atomic E-state index is -4.67. The molecule has 0 saturated heterocycles. The average Bonchev–Trinajstić information content (AvgIpc) is 2.17. The number of hydrogen-bond donors (Lipinski definition) is 3. The first-order valence-electron chi connectivity index (χ1n) is 4.07. The summed E-state index contributed by atoms with van der Waals surface area (Å²) in [5.41, 5.74) is 1.01. The van der Waals surface area contributed by atoms with Gasteiger partial charge in [0.2, 0.25) is 0 Å². The van der Waals surface area contributed by atoms with Crippen LogP contribution in [-0.4, -0.2) is 45.0 Å². The van der Waals surface area contributed by atoms with Crippen LogP contribution in [0.1, 0.15) is 5.69 Å². The van der Waals surface area contributed by atoms with Gasteiger partial charge in [-0.05, 0) is 6.07 Å². The highest BCUT2D eigenvalue weighted by Crippen LogP contribution is 2.07. The maximum Gasteiger partial charge on any atom is 0.394 e. The summed E-state index contributed by atoms with van der Waals surface area (Å²) in [6, 6.07) is 1.88. The minimum absolute atomic E-state index is 0.232. The van der Waals surface area contributed by atoms with Crippen LogP contribution in [0.2, 0.25) is 0 Å². The molecule has 0 saturated carbocycles. The van der Waals surface area contributed by atoms with Crippen LogP contribution >= 0.6 is 11.8 Å². The molecule has 0 aliphatic carbocycles. The first-order valence-corrected chi connectivity index (χ1v) is 6.62. The third-order valence-electron chi connectivity index (χ3n) is 1.13. The maximum atomic E-state index is 8.74. The van der Waals surface area contributed by atoms with E-state index in [0.29, 0.717) is 0 Å². The molecule has 0 amide bonds. The van der Waals surface area contributed by atoms with Crippen LogP contribution in [0.3, 0.4) is 0 Å². The van der Waals surface area contributed by atoms with E-state index in [-0.39, 0.29) is 6.61 Å². The zero-order chi connectivity index (χ0) is 12.4. The Bertz CT molecular complexity index is 362. The lowest BCUT2D eigenvalue weighted by Crippen LogP contribution is -1.90. The predicted molar refractivity (Wildman–Crippen MR) is 59.5 cm³/mol. The summed E-state index contributed by atoms with van der Waals surface area (Å²) in [4.78, 5) is 7.84. The Balaban J connectivity index is 0.000000385. The van der Waals surface area contributed by atoms with Crippen molar-refractivity contribution in [3.63, 3.8) is 0 Å². The Morgan fingerprint density at radius 1 is 1.38 bits per heavy atom. The molecule has 0 aromatic carbocycles. The Hall–Kier alpha value is -0.740. The Morgan fingerprint density at radius 3 is 2.44 bits per heavy atom. The van der Waals surface area contributed by atoms with Crippen molar-refractivity contribution in [2.24, 2.45) is 0 Å². The fraction of sp³-hybridized carbons (Fsp3) is 0.429. The summed E-state index contributed by atoms with van der Waals surface area (Å²) in [6.07, 6.45) is 3.26. The normalized spacial score (nSPS) is 10.4. The highest BCUT2D eigenvalue weighted by molar-refractivity contribution is 7.98. The van der Waals surface area contributed by atoms with Gasteiger partial charge in [0.25, 0.3) is 0 Å². The lowest BCUT2D eigenvalue weighted by Gasteiger charge is -1.96. The van der Waals surface area contributed by atoms with E-state index in [1.54, 1.807) is 18.0 Å². The van der Waals surface area contributed by atoms with E-state index in [4.69, 9.17) is 22.6 Å². The SMILES string of the molecule is O=S(=O)(O)O.OCCSCc1ccncn1. The van der Waals surface area contributed by atoms with Crippen LogP contribution in [0.25, 0.3) is 0 Å². The van der Waals surface area contributed by atoms with Crippen molar-refractivity contribution in [1.82, 2.24) is 9.97 Å². The molecule has 1 aromatic heterocycles. The number of aromatic nitrogens is 2. The van der Waals surface area contributed by atoms with Crippen molar-refractivity contribution in [2.45, 2.75) is 5.75 Å². The lowest BCUT2D eigenvalue weighted by atomic mass is 10.5. The number of aliphatic hydroxyl groups is 1. The fourth-order valence-electron chi connectivity index (χ4n) is 0.645. The summed E-state index contributed by atoms with van der Waals surface area (Å²) in [7, 11) is -4.67. The van der Waals surface area contributed by atoms with E-state index in [1.807, 2.05) is 6.07 Å². The van der Waals surface area contributed by atoms with Gasteiger partial charge in [-0.25, -0.2) is 9.97 Å². The van der Waals surface area contributed by atoms with Crippen LogP contribution in [0, 0.1) is 0 Å². The summed E-state index contributed by atoms with van der Waals surface area (Å²) in [6.45, 7) is 0.232. The van der Waals surface area contributed by atoms with E-state index in [1.165, 1.54) is 6.33 Å². The molecule has 92 valence electrons. The highest BCUT2D eigenvalue weighted by Gasteiger charge is 1.91. The molecule has 7 nitrogen and oxygen atoms in total. The molecule has 0 aliphatic heterocycles. The third-order valence-corrected chi connectivity index (χ3v) is 2.10. The molecule has 1 heterocycles. The molecule has 1 rings (SSSR count). The molecule has 0 fully saturated rings. The molecule has 1 aromatic rings. The monoisotopic (exact) mass is 268 g/mol. The van der Waals surface area contributed by atoms with E-state index in [9.17, 15) is 0 Å². The van der Waals surface area contributed by atoms with Gasteiger partial charge in [-0.1, -0.05) is 0 Å². The van der Waals surface area contributed by atoms with Crippen LogP contribution < -0.4 is 0 Å². The van der Waals surface area contributed by atoms with Crippen LogP contribution in [0.4, 0.5) is 0 Å². The quantitative estimate of drug-likeness (QED) is 0.517. The van der Waals surface area contributed by atoms with Gasteiger partial charge in [0, 0.05) is 17.7 Å². The molecule has 3 N–H and O–H groups in total.